The first-order valence-corrected chi connectivity index (χ1v) is 6.62. The molecule has 0 atom stereocenters. The van der Waals surface area contributed by atoms with Crippen molar-refractivity contribution in [3.63, 3.8) is 0 Å². The molecule has 2 amide bonds. The molecular formula is C15H18N2O4. The Kier molecular flexibility index (Phi) is 4.47. The van der Waals surface area contributed by atoms with Crippen LogP contribution >= 0.6 is 0 Å². The monoisotopic (exact) mass is 290 g/mol. The third kappa shape index (κ3) is 3.34. The van der Waals surface area contributed by atoms with Gasteiger partial charge in [-0.25, -0.2) is 0 Å². The summed E-state index contributed by atoms with van der Waals surface area (Å²) in [5, 5.41) is 6.16. The van der Waals surface area contributed by atoms with Crippen LogP contribution in [0.1, 0.15) is 23.0 Å². The topological polar surface area (TPSA) is 80.6 Å². The molecule has 0 bridgehead atoms. The molecular weight excluding hydrogens is 272 g/mol. The molecule has 1 aromatic heterocycles. The fraction of sp³-hybridized carbons (Fsp3) is 0.333. The van der Waals surface area contributed by atoms with Crippen LogP contribution in [0.5, 0.6) is 5.75 Å². The number of methoxy groups -OCH3 is 1. The van der Waals surface area contributed by atoms with E-state index < -0.39 is 0 Å². The third-order valence-electron chi connectivity index (χ3n) is 3.13. The van der Waals surface area contributed by atoms with E-state index in [9.17, 15) is 9.59 Å². The first-order valence-electron chi connectivity index (χ1n) is 6.62. The van der Waals surface area contributed by atoms with Crippen LogP contribution in [-0.2, 0) is 4.79 Å². The van der Waals surface area contributed by atoms with Gasteiger partial charge in [-0.05, 0) is 25.1 Å². The summed E-state index contributed by atoms with van der Waals surface area (Å²) in [7, 11) is 1.59. The number of hydrogen-bond acceptors (Lipinski definition) is 4. The smallest absolute Gasteiger partial charge is 0.287 e. The summed E-state index contributed by atoms with van der Waals surface area (Å²) in [6, 6.07) is 5.39. The number of benzene rings is 1. The molecule has 1 aromatic carbocycles. The van der Waals surface area contributed by atoms with Gasteiger partial charge in [-0.1, -0.05) is 0 Å². The predicted octanol–water partition coefficient (Wildman–Crippen LogP) is 1.62. The van der Waals surface area contributed by atoms with Crippen molar-refractivity contribution in [2.45, 2.75) is 13.8 Å². The lowest BCUT2D eigenvalue weighted by Gasteiger charge is -2.04. The molecule has 6 heteroatoms. The molecule has 6 nitrogen and oxygen atoms in total. The Hall–Kier alpha value is -2.50. The summed E-state index contributed by atoms with van der Waals surface area (Å²) in [6.07, 6.45) is 0. The second kappa shape index (κ2) is 6.30. The van der Waals surface area contributed by atoms with Gasteiger partial charge < -0.3 is 19.8 Å². The van der Waals surface area contributed by atoms with Gasteiger partial charge in [-0.2, -0.15) is 0 Å². The second-order valence-corrected chi connectivity index (χ2v) is 4.66. The second-order valence-electron chi connectivity index (χ2n) is 4.66. The minimum absolute atomic E-state index is 0.128. The van der Waals surface area contributed by atoms with Gasteiger partial charge in [-0.15, -0.1) is 0 Å². The number of furan rings is 1. The molecule has 112 valence electrons. The largest absolute Gasteiger partial charge is 0.497 e. The lowest BCUT2D eigenvalue weighted by atomic mass is 10.1. The standard InChI is InChI=1S/C15H18N2O4/c1-9-12-8-11(20-3)4-5-13(12)21-14(9)15(19)17-7-6-16-10(2)18/h4-5,8H,6-7H2,1-3H3,(H,16,18)(H,17,19). The quantitative estimate of drug-likeness (QED) is 0.820. The molecule has 0 saturated carbocycles. The van der Waals surface area contributed by atoms with Gasteiger partial charge in [-0.3, -0.25) is 9.59 Å². The van der Waals surface area contributed by atoms with Crippen molar-refractivity contribution in [3.8, 4) is 5.75 Å². The molecule has 2 rings (SSSR count). The van der Waals surface area contributed by atoms with E-state index in [1.54, 1.807) is 19.2 Å². The molecule has 0 aliphatic heterocycles. The van der Waals surface area contributed by atoms with Crippen LogP contribution < -0.4 is 15.4 Å². The maximum atomic E-state index is 12.1. The Morgan fingerprint density at radius 1 is 1.24 bits per heavy atom. The summed E-state index contributed by atoms with van der Waals surface area (Å²) < 4.78 is 10.7. The number of carbonyl (C=O) groups is 2. The zero-order valence-corrected chi connectivity index (χ0v) is 12.3. The fourth-order valence-electron chi connectivity index (χ4n) is 2.04. The van der Waals surface area contributed by atoms with Crippen LogP contribution in [0.2, 0.25) is 0 Å². The van der Waals surface area contributed by atoms with Gasteiger partial charge in [0.2, 0.25) is 5.91 Å². The van der Waals surface area contributed by atoms with Crippen LogP contribution in [0.4, 0.5) is 0 Å². The maximum absolute atomic E-state index is 12.1. The first-order chi connectivity index (χ1) is 10.0. The Labute approximate surface area is 122 Å². The number of aryl methyl sites for hydroxylation is 1. The number of ether oxygens (including phenoxy) is 1. The molecule has 0 aliphatic carbocycles. The average Bonchev–Trinajstić information content (AvgIpc) is 2.80. The molecule has 0 saturated heterocycles. The average molecular weight is 290 g/mol. The fourth-order valence-corrected chi connectivity index (χ4v) is 2.04. The van der Waals surface area contributed by atoms with Crippen LogP contribution in [0.25, 0.3) is 11.0 Å². The van der Waals surface area contributed by atoms with Crippen LogP contribution in [0.3, 0.4) is 0 Å². The van der Waals surface area contributed by atoms with Crippen molar-refractivity contribution in [2.75, 3.05) is 20.2 Å². The highest BCUT2D eigenvalue weighted by Gasteiger charge is 2.17. The lowest BCUT2D eigenvalue weighted by Crippen LogP contribution is -2.33. The van der Waals surface area contributed by atoms with Gasteiger partial charge in [0.05, 0.1) is 7.11 Å². The van der Waals surface area contributed by atoms with E-state index in [1.807, 2.05) is 13.0 Å². The van der Waals surface area contributed by atoms with Crippen molar-refractivity contribution in [1.82, 2.24) is 10.6 Å². The van der Waals surface area contributed by atoms with Gasteiger partial charge in [0.25, 0.3) is 5.91 Å². The van der Waals surface area contributed by atoms with E-state index in [0.29, 0.717) is 24.4 Å². The summed E-state index contributed by atoms with van der Waals surface area (Å²) in [4.78, 5) is 22.8. The molecule has 0 spiro atoms. The number of hydrogen-bond donors (Lipinski definition) is 2. The molecule has 1 heterocycles. The summed E-state index contributed by atoms with van der Waals surface area (Å²) in [6.45, 7) is 3.99. The summed E-state index contributed by atoms with van der Waals surface area (Å²) in [5.74, 6) is 0.564. The molecule has 21 heavy (non-hydrogen) atoms. The summed E-state index contributed by atoms with van der Waals surface area (Å²) >= 11 is 0. The Morgan fingerprint density at radius 3 is 2.62 bits per heavy atom. The highest BCUT2D eigenvalue weighted by atomic mass is 16.5. The van der Waals surface area contributed by atoms with Crippen LogP contribution in [0, 0.1) is 6.92 Å². The molecule has 2 N–H and O–H groups in total. The third-order valence-corrected chi connectivity index (χ3v) is 3.13. The minimum atomic E-state index is -0.298. The van der Waals surface area contributed by atoms with E-state index in [1.165, 1.54) is 6.92 Å². The van der Waals surface area contributed by atoms with Crippen molar-refractivity contribution < 1.29 is 18.7 Å². The minimum Gasteiger partial charge on any atom is -0.497 e. The molecule has 2 aromatic rings. The van der Waals surface area contributed by atoms with Crippen molar-refractivity contribution >= 4 is 22.8 Å². The molecule has 0 fully saturated rings. The van der Waals surface area contributed by atoms with E-state index in [4.69, 9.17) is 9.15 Å². The van der Waals surface area contributed by atoms with E-state index >= 15 is 0 Å². The number of carbonyl (C=O) groups excluding carboxylic acids is 2. The molecule has 0 unspecified atom stereocenters. The normalized spacial score (nSPS) is 10.4. The SMILES string of the molecule is COc1ccc2oc(C(=O)NCCNC(C)=O)c(C)c2c1. The zero-order valence-electron chi connectivity index (χ0n) is 12.3. The van der Waals surface area contributed by atoms with Crippen molar-refractivity contribution in [2.24, 2.45) is 0 Å². The zero-order chi connectivity index (χ0) is 15.4. The number of nitrogens with one attached hydrogen (secondary N) is 2. The van der Waals surface area contributed by atoms with Gasteiger partial charge in [0, 0.05) is 31.0 Å². The highest BCUT2D eigenvalue weighted by molar-refractivity contribution is 5.99. The highest BCUT2D eigenvalue weighted by Crippen LogP contribution is 2.28. The van der Waals surface area contributed by atoms with E-state index in [-0.39, 0.29) is 17.6 Å². The lowest BCUT2D eigenvalue weighted by molar-refractivity contribution is -0.118. The molecule has 0 radical (unpaired) electrons. The predicted molar refractivity (Wildman–Crippen MR) is 78.5 cm³/mol. The van der Waals surface area contributed by atoms with E-state index in [0.717, 1.165) is 10.9 Å². The van der Waals surface area contributed by atoms with Crippen molar-refractivity contribution in [1.29, 1.82) is 0 Å². The Morgan fingerprint density at radius 2 is 1.95 bits per heavy atom. The van der Waals surface area contributed by atoms with Gasteiger partial charge >= 0.3 is 0 Å². The van der Waals surface area contributed by atoms with E-state index in [2.05, 4.69) is 10.6 Å². The number of amides is 2. The Balaban J connectivity index is 2.12. The first kappa shape index (κ1) is 14.9. The number of rotatable bonds is 5. The van der Waals surface area contributed by atoms with Gasteiger partial charge in [0.1, 0.15) is 11.3 Å². The van der Waals surface area contributed by atoms with Crippen molar-refractivity contribution in [3.05, 3.63) is 29.5 Å². The maximum Gasteiger partial charge on any atom is 0.287 e. The Bertz CT molecular complexity index is 676. The molecule has 0 aliphatic rings. The van der Waals surface area contributed by atoms with Gasteiger partial charge in [0.15, 0.2) is 5.76 Å². The number of fused-ring (bicyclic) bond motifs is 1. The summed E-state index contributed by atoms with van der Waals surface area (Å²) in [5.41, 5.74) is 1.40. The van der Waals surface area contributed by atoms with Crippen LogP contribution in [0.15, 0.2) is 22.6 Å². The van der Waals surface area contributed by atoms with Crippen LogP contribution in [-0.4, -0.2) is 32.0 Å².